The Labute approximate surface area is 120 Å². The fraction of sp³-hybridized carbons (Fsp3) is 0.769. The number of nitrogens with two attached hydrogens (primary N) is 1. The fourth-order valence-corrected chi connectivity index (χ4v) is 1.62. The van der Waals surface area contributed by atoms with E-state index in [9.17, 15) is 0 Å². The molecule has 1 unspecified atom stereocenters. The molecule has 1 rings (SSSR count). The molecule has 7 nitrogen and oxygen atoms in total. The number of anilines is 2. The first-order chi connectivity index (χ1) is 9.55. The fourth-order valence-electron chi connectivity index (χ4n) is 1.62. The van der Waals surface area contributed by atoms with Gasteiger partial charge < -0.3 is 10.1 Å². The summed E-state index contributed by atoms with van der Waals surface area (Å²) in [5.41, 5.74) is 2.43. The molecule has 0 aliphatic heterocycles. The highest BCUT2D eigenvalue weighted by Gasteiger charge is 2.10. The molecule has 7 heteroatoms. The Kier molecular flexibility index (Phi) is 7.00. The van der Waals surface area contributed by atoms with E-state index in [4.69, 9.17) is 10.6 Å². The van der Waals surface area contributed by atoms with E-state index in [1.807, 2.05) is 6.92 Å². The van der Waals surface area contributed by atoms with Gasteiger partial charge in [-0.3, -0.25) is 5.43 Å². The molecule has 4 N–H and O–H groups in total. The summed E-state index contributed by atoms with van der Waals surface area (Å²) in [6, 6.07) is 0.567. The third-order valence-corrected chi connectivity index (χ3v) is 2.73. The van der Waals surface area contributed by atoms with Crippen LogP contribution < -0.4 is 21.3 Å². The van der Waals surface area contributed by atoms with Gasteiger partial charge in [0.1, 0.15) is 0 Å². The molecule has 0 aliphatic carbocycles. The molecule has 20 heavy (non-hydrogen) atoms. The van der Waals surface area contributed by atoms with Crippen molar-refractivity contribution in [2.45, 2.75) is 53.0 Å². The second-order valence-electron chi connectivity index (χ2n) is 5.27. The van der Waals surface area contributed by atoms with Gasteiger partial charge in [-0.2, -0.15) is 15.0 Å². The molecule has 0 radical (unpaired) electrons. The molecule has 0 saturated carbocycles. The van der Waals surface area contributed by atoms with Gasteiger partial charge in [0.05, 0.1) is 6.61 Å². The van der Waals surface area contributed by atoms with E-state index in [0.717, 1.165) is 19.3 Å². The molecule has 1 aromatic rings. The van der Waals surface area contributed by atoms with Crippen LogP contribution in [0.5, 0.6) is 6.01 Å². The average Bonchev–Trinajstić information content (AvgIpc) is 2.42. The lowest BCUT2D eigenvalue weighted by Crippen LogP contribution is -2.20. The van der Waals surface area contributed by atoms with Crippen LogP contribution >= 0.6 is 0 Å². The predicted molar refractivity (Wildman–Crippen MR) is 80.6 cm³/mol. The van der Waals surface area contributed by atoms with E-state index >= 15 is 0 Å². The zero-order valence-electron chi connectivity index (χ0n) is 12.8. The van der Waals surface area contributed by atoms with Crippen molar-refractivity contribution >= 4 is 11.9 Å². The minimum absolute atomic E-state index is 0.282. The van der Waals surface area contributed by atoms with Gasteiger partial charge in [0.15, 0.2) is 0 Å². The topological polar surface area (TPSA) is 98.0 Å². The lowest BCUT2D eigenvalue weighted by molar-refractivity contribution is 0.292. The number of nitrogen functional groups attached to an aromatic ring is 1. The van der Waals surface area contributed by atoms with Gasteiger partial charge in [-0.1, -0.05) is 20.8 Å². The number of hydrazine groups is 1. The lowest BCUT2D eigenvalue weighted by atomic mass is 10.0. The smallest absolute Gasteiger partial charge is 0.323 e. The van der Waals surface area contributed by atoms with Gasteiger partial charge in [0, 0.05) is 6.04 Å². The van der Waals surface area contributed by atoms with Crippen LogP contribution in [0, 0.1) is 5.92 Å². The number of nitrogens with zero attached hydrogens (tertiary/aromatic N) is 3. The molecule has 0 amide bonds. The first-order valence-corrected chi connectivity index (χ1v) is 7.17. The van der Waals surface area contributed by atoms with E-state index in [0.29, 0.717) is 24.4 Å². The highest BCUT2D eigenvalue weighted by Crippen LogP contribution is 2.14. The molecule has 0 saturated heterocycles. The number of aromatic nitrogens is 3. The van der Waals surface area contributed by atoms with Gasteiger partial charge >= 0.3 is 6.01 Å². The van der Waals surface area contributed by atoms with Crippen molar-refractivity contribution in [3.8, 4) is 6.01 Å². The molecule has 0 aromatic carbocycles. The van der Waals surface area contributed by atoms with Crippen molar-refractivity contribution in [1.29, 1.82) is 0 Å². The molecule has 0 fully saturated rings. The Morgan fingerprint density at radius 1 is 1.10 bits per heavy atom. The number of ether oxygens (including phenoxy) is 1. The Balaban J connectivity index is 2.67. The monoisotopic (exact) mass is 282 g/mol. The summed E-state index contributed by atoms with van der Waals surface area (Å²) in [6.45, 7) is 9.12. The second kappa shape index (κ2) is 8.52. The number of nitrogens with one attached hydrogen (secondary N) is 2. The first kappa shape index (κ1) is 16.4. The van der Waals surface area contributed by atoms with Crippen molar-refractivity contribution in [1.82, 2.24) is 15.0 Å². The lowest BCUT2D eigenvalue weighted by Gasteiger charge is -2.15. The molecule has 1 atom stereocenters. The number of rotatable bonds is 9. The molecule has 114 valence electrons. The summed E-state index contributed by atoms with van der Waals surface area (Å²) in [7, 11) is 0. The summed E-state index contributed by atoms with van der Waals surface area (Å²) in [5, 5.41) is 3.25. The van der Waals surface area contributed by atoms with Crippen LogP contribution in [0.1, 0.15) is 47.0 Å². The van der Waals surface area contributed by atoms with Crippen molar-refractivity contribution in [3.63, 3.8) is 0 Å². The van der Waals surface area contributed by atoms with Crippen molar-refractivity contribution in [3.05, 3.63) is 0 Å². The Morgan fingerprint density at radius 3 is 2.40 bits per heavy atom. The standard InChI is InChI=1S/C13H26N6O/c1-5-8-20-13-17-11(16-12(18-13)19-14)15-10(4)7-6-9(2)3/h9-10H,5-8,14H2,1-4H3,(H2,15,16,17,18,19). The number of hydrogen-bond acceptors (Lipinski definition) is 7. The Hall–Kier alpha value is -1.63. The first-order valence-electron chi connectivity index (χ1n) is 7.17. The molecular formula is C13H26N6O. The van der Waals surface area contributed by atoms with Gasteiger partial charge in [-0.15, -0.1) is 0 Å². The van der Waals surface area contributed by atoms with Crippen molar-refractivity contribution < 1.29 is 4.74 Å². The van der Waals surface area contributed by atoms with Crippen LogP contribution in [-0.2, 0) is 0 Å². The summed E-state index contributed by atoms with van der Waals surface area (Å²) < 4.78 is 5.42. The van der Waals surface area contributed by atoms with Crippen LogP contribution in [0.15, 0.2) is 0 Å². The summed E-state index contributed by atoms with van der Waals surface area (Å²) in [6.07, 6.45) is 3.10. The maximum atomic E-state index is 5.42. The third-order valence-electron chi connectivity index (χ3n) is 2.73. The molecule has 1 aromatic heterocycles. The van der Waals surface area contributed by atoms with Crippen LogP contribution in [0.25, 0.3) is 0 Å². The Morgan fingerprint density at radius 2 is 1.80 bits per heavy atom. The van der Waals surface area contributed by atoms with Gasteiger partial charge in [-0.05, 0) is 32.1 Å². The second-order valence-corrected chi connectivity index (χ2v) is 5.27. The SMILES string of the molecule is CCCOc1nc(NN)nc(NC(C)CCC(C)C)n1. The molecule has 0 bridgehead atoms. The van der Waals surface area contributed by atoms with E-state index < -0.39 is 0 Å². The molecule has 0 aliphatic rings. The van der Waals surface area contributed by atoms with E-state index in [-0.39, 0.29) is 12.1 Å². The highest BCUT2D eigenvalue weighted by molar-refractivity contribution is 5.35. The Bertz CT molecular complexity index is 398. The predicted octanol–water partition coefficient (Wildman–Crippen LogP) is 2.18. The van der Waals surface area contributed by atoms with Crippen molar-refractivity contribution in [2.75, 3.05) is 17.3 Å². The quantitative estimate of drug-likeness (QED) is 0.471. The van der Waals surface area contributed by atoms with E-state index in [1.165, 1.54) is 0 Å². The van der Waals surface area contributed by atoms with E-state index in [2.05, 4.69) is 46.5 Å². The maximum Gasteiger partial charge on any atom is 0.323 e. The van der Waals surface area contributed by atoms with Gasteiger partial charge in [0.25, 0.3) is 0 Å². The van der Waals surface area contributed by atoms with Crippen LogP contribution in [-0.4, -0.2) is 27.6 Å². The normalized spacial score (nSPS) is 12.3. The number of hydrogen-bond donors (Lipinski definition) is 3. The summed E-state index contributed by atoms with van der Waals surface area (Å²) >= 11 is 0. The van der Waals surface area contributed by atoms with Crippen LogP contribution in [0.2, 0.25) is 0 Å². The third kappa shape index (κ3) is 6.01. The average molecular weight is 282 g/mol. The zero-order valence-corrected chi connectivity index (χ0v) is 12.8. The van der Waals surface area contributed by atoms with Gasteiger partial charge in [0.2, 0.25) is 11.9 Å². The minimum Gasteiger partial charge on any atom is -0.463 e. The van der Waals surface area contributed by atoms with Crippen molar-refractivity contribution in [2.24, 2.45) is 11.8 Å². The van der Waals surface area contributed by atoms with Gasteiger partial charge in [-0.25, -0.2) is 5.84 Å². The largest absolute Gasteiger partial charge is 0.463 e. The highest BCUT2D eigenvalue weighted by atomic mass is 16.5. The maximum absolute atomic E-state index is 5.42. The minimum atomic E-state index is 0.282. The summed E-state index contributed by atoms with van der Waals surface area (Å²) in [4.78, 5) is 12.5. The summed E-state index contributed by atoms with van der Waals surface area (Å²) in [5.74, 6) is 6.82. The molecule has 1 heterocycles. The van der Waals surface area contributed by atoms with Crippen LogP contribution in [0.4, 0.5) is 11.9 Å². The molecular weight excluding hydrogens is 256 g/mol. The molecule has 0 spiro atoms. The van der Waals surface area contributed by atoms with E-state index in [1.54, 1.807) is 0 Å². The zero-order chi connectivity index (χ0) is 15.0. The van der Waals surface area contributed by atoms with Crippen LogP contribution in [0.3, 0.4) is 0 Å².